The van der Waals surface area contributed by atoms with Crippen LogP contribution in [0.15, 0.2) is 122 Å². The van der Waals surface area contributed by atoms with Crippen molar-refractivity contribution in [3.63, 3.8) is 0 Å². The van der Waals surface area contributed by atoms with Gasteiger partial charge in [-0.25, -0.2) is 0 Å². The van der Waals surface area contributed by atoms with Crippen LogP contribution in [0.25, 0.3) is 55.4 Å². The van der Waals surface area contributed by atoms with Crippen LogP contribution in [-0.4, -0.2) is 4.57 Å². The zero-order chi connectivity index (χ0) is 35.7. The number of hydrogen-bond donors (Lipinski definition) is 0. The highest BCUT2D eigenvalue weighted by molar-refractivity contribution is 6.13. The highest BCUT2D eigenvalue weighted by Gasteiger charge is 2.57. The molecular weight excluding hydrogens is 631 g/mol. The van der Waals surface area contributed by atoms with Crippen LogP contribution >= 0.6 is 0 Å². The minimum atomic E-state index is -0.122. The lowest BCUT2D eigenvalue weighted by molar-refractivity contribution is -0.765. The van der Waals surface area contributed by atoms with Crippen molar-refractivity contribution in [2.45, 2.75) is 91.3 Å². The van der Waals surface area contributed by atoms with E-state index < -0.39 is 0 Å². The van der Waals surface area contributed by atoms with Crippen LogP contribution in [0.2, 0.25) is 0 Å². The second-order valence-electron chi connectivity index (χ2n) is 15.9. The van der Waals surface area contributed by atoms with E-state index >= 15 is 0 Å². The summed E-state index contributed by atoms with van der Waals surface area (Å²) in [5, 5.41) is 2.72. The van der Waals surface area contributed by atoms with Gasteiger partial charge < -0.3 is 4.57 Å². The topological polar surface area (TPSA) is 12.7 Å². The molecule has 0 aliphatic carbocycles. The Morgan fingerprint density at radius 2 is 1.48 bits per heavy atom. The molecule has 3 nitrogen and oxygen atoms in total. The van der Waals surface area contributed by atoms with Gasteiger partial charge in [0, 0.05) is 64.5 Å². The van der Waals surface area contributed by atoms with Crippen LogP contribution in [0.4, 0.5) is 0 Å². The van der Waals surface area contributed by atoms with E-state index in [0.29, 0.717) is 5.92 Å². The molecule has 3 heteroatoms. The smallest absolute Gasteiger partial charge is 0.214 e. The van der Waals surface area contributed by atoms with Crippen LogP contribution in [0.3, 0.4) is 0 Å². The van der Waals surface area contributed by atoms with Crippen LogP contribution in [0.5, 0.6) is 0 Å². The lowest BCUT2D eigenvalue weighted by Gasteiger charge is -2.44. The van der Waals surface area contributed by atoms with E-state index in [9.17, 15) is 0 Å². The van der Waals surface area contributed by atoms with Crippen molar-refractivity contribution >= 4 is 21.8 Å². The minimum absolute atomic E-state index is 0.122. The molecule has 2 aliphatic rings. The van der Waals surface area contributed by atoms with Gasteiger partial charge in [0.1, 0.15) is 0 Å². The predicted octanol–water partition coefficient (Wildman–Crippen LogP) is 11.3. The van der Waals surface area contributed by atoms with Gasteiger partial charge in [-0.2, -0.15) is 9.13 Å². The average Bonchev–Trinajstić information content (AvgIpc) is 3.49. The van der Waals surface area contributed by atoms with Crippen molar-refractivity contribution in [2.24, 2.45) is 5.92 Å². The van der Waals surface area contributed by atoms with Gasteiger partial charge in [-0.15, -0.1) is 0 Å². The van der Waals surface area contributed by atoms with Crippen molar-refractivity contribution in [3.8, 4) is 33.6 Å². The Bertz CT molecular complexity index is 2480. The molecule has 0 N–H and O–H groups in total. The average molecular weight is 682 g/mol. The lowest BCUT2D eigenvalue weighted by atomic mass is 9.62. The van der Waals surface area contributed by atoms with Gasteiger partial charge in [-0.1, -0.05) is 113 Å². The van der Waals surface area contributed by atoms with Gasteiger partial charge in [-0.3, -0.25) is 0 Å². The van der Waals surface area contributed by atoms with E-state index in [-0.39, 0.29) is 17.4 Å². The van der Waals surface area contributed by atoms with Gasteiger partial charge in [0.05, 0.1) is 22.9 Å². The zero-order valence-electron chi connectivity index (χ0n) is 31.7. The summed E-state index contributed by atoms with van der Waals surface area (Å²) in [6.07, 6.45) is 8.05. The van der Waals surface area contributed by atoms with E-state index in [1.807, 2.05) is 0 Å². The summed E-state index contributed by atoms with van der Waals surface area (Å²) < 4.78 is 7.99. The molecule has 2 unspecified atom stereocenters. The number of hydrogen-bond acceptors (Lipinski definition) is 0. The summed E-state index contributed by atoms with van der Waals surface area (Å²) in [5.74, 6) is 1.07. The number of aryl methyl sites for hydroxylation is 2. The van der Waals surface area contributed by atoms with E-state index in [1.165, 1.54) is 77.7 Å². The molecule has 260 valence electrons. The number of nitrogens with zero attached hydrogens (tertiary/aromatic N) is 3. The van der Waals surface area contributed by atoms with Crippen LogP contribution in [0.1, 0.15) is 81.5 Å². The highest BCUT2D eigenvalue weighted by Crippen LogP contribution is 2.55. The molecular formula is C49H51N3+2. The fraction of sp³-hybridized carbons (Fsp3) is 0.306. The number of para-hydroxylation sites is 1. The lowest BCUT2D eigenvalue weighted by Crippen LogP contribution is -2.64. The van der Waals surface area contributed by atoms with E-state index in [2.05, 4.69) is 177 Å². The number of rotatable bonds is 7. The third kappa shape index (κ3) is 4.78. The summed E-state index contributed by atoms with van der Waals surface area (Å²) in [6.45, 7) is 16.1. The van der Waals surface area contributed by atoms with Crippen molar-refractivity contribution < 1.29 is 9.13 Å². The number of aromatic nitrogens is 3. The highest BCUT2D eigenvalue weighted by atomic mass is 15.1. The molecule has 2 atom stereocenters. The summed E-state index contributed by atoms with van der Waals surface area (Å²) in [7, 11) is 0. The molecule has 9 rings (SSSR count). The quantitative estimate of drug-likeness (QED) is 0.149. The molecule has 0 saturated heterocycles. The standard InChI is InChI=1S/C49H51N3/c1-7-34-27-45-36-19-13-14-21-39(36)47(49(8-2,9-3)52(45)31-41(34)35-17-11-10-12-18-35)42-30-50-29-33(6)23-26-44(50)46-38(42)24-25-40-37-20-15-16-22-43(37)51(48(40)46)28-32(4)5/h10-27,29,31-32,42,47H,7-9,28,30H2,1-6H3/q+2. The third-order valence-electron chi connectivity index (χ3n) is 12.6. The molecule has 5 heterocycles. The van der Waals surface area contributed by atoms with Gasteiger partial charge in [0.2, 0.25) is 11.4 Å². The Kier molecular flexibility index (Phi) is 7.95. The summed E-state index contributed by atoms with van der Waals surface area (Å²) in [6, 6.07) is 41.7. The van der Waals surface area contributed by atoms with Crippen LogP contribution < -0.4 is 9.13 Å². The van der Waals surface area contributed by atoms with Crippen molar-refractivity contribution in [1.82, 2.24) is 4.57 Å². The number of benzene rings is 4. The minimum Gasteiger partial charge on any atom is -0.340 e. The van der Waals surface area contributed by atoms with E-state index in [4.69, 9.17) is 0 Å². The van der Waals surface area contributed by atoms with E-state index in [0.717, 1.165) is 32.4 Å². The van der Waals surface area contributed by atoms with Crippen molar-refractivity contribution in [1.29, 1.82) is 0 Å². The monoisotopic (exact) mass is 681 g/mol. The molecule has 4 aromatic carbocycles. The first kappa shape index (κ1) is 32.9. The fourth-order valence-electron chi connectivity index (χ4n) is 10.3. The number of pyridine rings is 2. The fourth-order valence-corrected chi connectivity index (χ4v) is 10.3. The predicted molar refractivity (Wildman–Crippen MR) is 216 cm³/mol. The van der Waals surface area contributed by atoms with Crippen LogP contribution in [-0.2, 0) is 25.0 Å². The maximum atomic E-state index is 2.74. The Morgan fingerprint density at radius 1 is 0.731 bits per heavy atom. The third-order valence-corrected chi connectivity index (χ3v) is 12.6. The maximum absolute atomic E-state index is 2.74. The van der Waals surface area contributed by atoms with Crippen molar-refractivity contribution in [3.05, 3.63) is 144 Å². The first-order valence-electron chi connectivity index (χ1n) is 19.7. The molecule has 2 aliphatic heterocycles. The SMILES string of the molecule is CCc1cc2[n+](cc1-c1ccccc1)C(CC)(CC)C(C1C[n+]3cc(C)ccc3-c3c1ccc1c4ccccc4n(CC(C)C)c31)c1ccccc1-2. The summed E-state index contributed by atoms with van der Waals surface area (Å²) in [5.41, 5.74) is 16.5. The second-order valence-corrected chi connectivity index (χ2v) is 15.9. The first-order valence-corrected chi connectivity index (χ1v) is 19.7. The largest absolute Gasteiger partial charge is 0.340 e. The first-order chi connectivity index (χ1) is 25.4. The van der Waals surface area contributed by atoms with E-state index in [1.54, 1.807) is 0 Å². The molecule has 7 aromatic rings. The maximum Gasteiger partial charge on any atom is 0.214 e. The summed E-state index contributed by atoms with van der Waals surface area (Å²) in [4.78, 5) is 0. The second kappa shape index (κ2) is 12.6. The summed E-state index contributed by atoms with van der Waals surface area (Å²) >= 11 is 0. The molecule has 3 aromatic heterocycles. The molecule has 0 radical (unpaired) electrons. The van der Waals surface area contributed by atoms with Gasteiger partial charge >= 0.3 is 0 Å². The van der Waals surface area contributed by atoms with Gasteiger partial charge in [-0.05, 0) is 59.7 Å². The molecule has 0 spiro atoms. The Morgan fingerprint density at radius 3 is 2.25 bits per heavy atom. The normalized spacial score (nSPS) is 17.2. The van der Waals surface area contributed by atoms with Gasteiger partial charge in [0.25, 0.3) is 0 Å². The van der Waals surface area contributed by atoms with Gasteiger partial charge in [0.15, 0.2) is 24.5 Å². The molecule has 0 fully saturated rings. The Labute approximate surface area is 309 Å². The molecule has 0 saturated carbocycles. The zero-order valence-corrected chi connectivity index (χ0v) is 31.7. The Hall–Kier alpha value is -5.02. The van der Waals surface area contributed by atoms with Crippen molar-refractivity contribution in [2.75, 3.05) is 0 Å². The number of fused-ring (bicyclic) bond motifs is 10. The Balaban J connectivity index is 1.36. The molecule has 0 bridgehead atoms. The molecule has 0 amide bonds. The molecule has 52 heavy (non-hydrogen) atoms. The van der Waals surface area contributed by atoms with Crippen LogP contribution in [0, 0.1) is 12.8 Å².